The molecule has 240 valence electrons. The van der Waals surface area contributed by atoms with E-state index in [-0.39, 0.29) is 60.3 Å². The van der Waals surface area contributed by atoms with Gasteiger partial charge in [-0.05, 0) is 66.9 Å². The smallest absolute Gasteiger partial charge is 0.416 e. The van der Waals surface area contributed by atoms with Gasteiger partial charge in [0, 0.05) is 25.6 Å². The number of carbonyl (C=O) groups is 2. The second kappa shape index (κ2) is 13.5. The maximum atomic E-state index is 14.5. The van der Waals surface area contributed by atoms with Gasteiger partial charge in [-0.25, -0.2) is 12.8 Å². The number of ether oxygens (including phenoxy) is 1. The van der Waals surface area contributed by atoms with Gasteiger partial charge in [0.15, 0.2) is 0 Å². The molecule has 1 atom stereocenters. The molecule has 0 saturated carbocycles. The standard InChI is InChI=1S/C31H29ClF4N2O6S/c1-19(30-24(32)7-4-8-25(30)33)15-20-9-11-27-26(16-20)38(45(42,43)23-6-3-5-21(17-23)31(34,35)36)18-22(44-27)10-12-28(39)37(2)14-13-29(40)41/h3-9,11,15-17,22H,10,12-14,18H2,1-2H3,(H,40,41)/b19-15+/t22-/m0/s1. The molecule has 0 bridgehead atoms. The van der Waals surface area contributed by atoms with Crippen LogP contribution in [0, 0.1) is 5.82 Å². The predicted molar refractivity (Wildman–Crippen MR) is 161 cm³/mol. The molecule has 1 N–H and O–H groups in total. The van der Waals surface area contributed by atoms with E-state index in [0.717, 1.165) is 22.5 Å². The Kier molecular flexibility index (Phi) is 10.1. The maximum absolute atomic E-state index is 14.5. The number of amides is 1. The minimum Gasteiger partial charge on any atom is -0.486 e. The molecule has 45 heavy (non-hydrogen) atoms. The van der Waals surface area contributed by atoms with Crippen LogP contribution in [0.5, 0.6) is 5.75 Å². The second-order valence-electron chi connectivity index (χ2n) is 10.5. The molecule has 1 amide bonds. The van der Waals surface area contributed by atoms with Crippen molar-refractivity contribution in [2.45, 2.75) is 43.4 Å². The Hall–Kier alpha value is -4.10. The van der Waals surface area contributed by atoms with Crippen molar-refractivity contribution >= 4 is 50.8 Å². The monoisotopic (exact) mass is 668 g/mol. The molecule has 0 radical (unpaired) electrons. The molecule has 3 aromatic rings. The zero-order valence-electron chi connectivity index (χ0n) is 24.1. The van der Waals surface area contributed by atoms with E-state index in [9.17, 15) is 35.6 Å². The van der Waals surface area contributed by atoms with E-state index >= 15 is 0 Å². The number of sulfonamides is 1. The minimum atomic E-state index is -4.78. The lowest BCUT2D eigenvalue weighted by Crippen LogP contribution is -2.44. The van der Waals surface area contributed by atoms with Gasteiger partial charge >= 0.3 is 12.1 Å². The largest absolute Gasteiger partial charge is 0.486 e. The number of halogens is 5. The Bertz CT molecular complexity index is 1730. The number of carboxylic acids is 1. The van der Waals surface area contributed by atoms with Gasteiger partial charge in [0.2, 0.25) is 5.91 Å². The fourth-order valence-corrected chi connectivity index (χ4v) is 6.67. The van der Waals surface area contributed by atoms with Gasteiger partial charge in [-0.2, -0.15) is 13.2 Å². The first kappa shape index (κ1) is 33.8. The van der Waals surface area contributed by atoms with Crippen molar-refractivity contribution in [1.29, 1.82) is 0 Å². The van der Waals surface area contributed by atoms with Gasteiger partial charge in [0.1, 0.15) is 17.7 Å². The molecule has 0 spiro atoms. The molecule has 0 unspecified atom stereocenters. The first-order valence-corrected chi connectivity index (χ1v) is 15.5. The number of benzene rings is 3. The summed E-state index contributed by atoms with van der Waals surface area (Å²) in [5.41, 5.74) is -0.0791. The van der Waals surface area contributed by atoms with Crippen LogP contribution >= 0.6 is 11.6 Å². The fraction of sp³-hybridized carbons (Fsp3) is 0.290. The highest BCUT2D eigenvalue weighted by atomic mass is 35.5. The summed E-state index contributed by atoms with van der Waals surface area (Å²) < 4.78 is 89.7. The quantitative estimate of drug-likeness (QED) is 0.190. The molecule has 4 rings (SSSR count). The number of nitrogens with zero attached hydrogens (tertiary/aromatic N) is 2. The van der Waals surface area contributed by atoms with Gasteiger partial charge in [-0.15, -0.1) is 0 Å². The van der Waals surface area contributed by atoms with E-state index < -0.39 is 44.5 Å². The van der Waals surface area contributed by atoms with Crippen LogP contribution in [0.25, 0.3) is 11.6 Å². The minimum absolute atomic E-state index is 0.0214. The molecule has 3 aromatic carbocycles. The zero-order valence-corrected chi connectivity index (χ0v) is 25.7. The summed E-state index contributed by atoms with van der Waals surface area (Å²) in [6.07, 6.45) is -4.38. The van der Waals surface area contributed by atoms with Crippen LogP contribution in [0.3, 0.4) is 0 Å². The maximum Gasteiger partial charge on any atom is 0.416 e. The van der Waals surface area contributed by atoms with Crippen molar-refractivity contribution in [2.24, 2.45) is 0 Å². The third kappa shape index (κ3) is 7.95. The topological polar surface area (TPSA) is 104 Å². The molecule has 1 aliphatic rings. The van der Waals surface area contributed by atoms with Crippen molar-refractivity contribution in [3.63, 3.8) is 0 Å². The number of alkyl halides is 3. The van der Waals surface area contributed by atoms with Gasteiger partial charge in [-0.1, -0.05) is 35.9 Å². The third-order valence-corrected chi connectivity index (χ3v) is 9.26. The normalized spacial score (nSPS) is 15.3. The third-order valence-electron chi connectivity index (χ3n) is 7.17. The molecule has 8 nitrogen and oxygen atoms in total. The lowest BCUT2D eigenvalue weighted by molar-refractivity contribution is -0.139. The van der Waals surface area contributed by atoms with E-state index in [1.165, 1.54) is 42.3 Å². The zero-order chi connectivity index (χ0) is 33.1. The average Bonchev–Trinajstić information content (AvgIpc) is 2.97. The Balaban J connectivity index is 1.71. The van der Waals surface area contributed by atoms with E-state index in [2.05, 4.69) is 0 Å². The van der Waals surface area contributed by atoms with E-state index in [0.29, 0.717) is 17.2 Å². The number of carbonyl (C=O) groups excluding carboxylic acids is 1. The number of rotatable bonds is 10. The van der Waals surface area contributed by atoms with Crippen molar-refractivity contribution < 1.29 is 45.4 Å². The molecule has 0 fully saturated rings. The number of anilines is 1. The molecular formula is C31H29ClF4N2O6S. The van der Waals surface area contributed by atoms with Crippen LogP contribution in [0.4, 0.5) is 23.2 Å². The highest BCUT2D eigenvalue weighted by Crippen LogP contribution is 2.40. The fourth-order valence-electron chi connectivity index (χ4n) is 4.82. The summed E-state index contributed by atoms with van der Waals surface area (Å²) >= 11 is 6.20. The van der Waals surface area contributed by atoms with Crippen molar-refractivity contribution in [2.75, 3.05) is 24.4 Å². The number of fused-ring (bicyclic) bond motifs is 1. The highest BCUT2D eigenvalue weighted by Gasteiger charge is 2.37. The first-order chi connectivity index (χ1) is 21.1. The van der Waals surface area contributed by atoms with Crippen LogP contribution < -0.4 is 9.04 Å². The molecule has 0 saturated heterocycles. The van der Waals surface area contributed by atoms with Gasteiger partial charge in [0.05, 0.1) is 34.1 Å². The van der Waals surface area contributed by atoms with Crippen LogP contribution in [0.1, 0.15) is 42.9 Å². The number of hydrogen-bond acceptors (Lipinski definition) is 5. The SMILES string of the molecule is C/C(=C\c1ccc2c(c1)N(S(=O)(=O)c1cccc(C(F)(F)F)c1)C[C@H](CCC(=O)N(C)CCC(=O)O)O2)c1c(F)cccc1Cl. The summed E-state index contributed by atoms with van der Waals surface area (Å²) in [4.78, 5) is 24.1. The van der Waals surface area contributed by atoms with Crippen molar-refractivity contribution in [3.05, 3.63) is 88.2 Å². The molecular weight excluding hydrogens is 640 g/mol. The second-order valence-corrected chi connectivity index (χ2v) is 12.7. The van der Waals surface area contributed by atoms with Crippen LogP contribution in [-0.4, -0.2) is 56.5 Å². The molecule has 0 aliphatic carbocycles. The molecule has 1 aliphatic heterocycles. The molecule has 14 heteroatoms. The van der Waals surface area contributed by atoms with Crippen LogP contribution in [-0.2, 0) is 25.8 Å². The average molecular weight is 669 g/mol. The Morgan fingerprint density at radius 2 is 1.82 bits per heavy atom. The number of carboxylic acid groups (broad SMARTS) is 1. The van der Waals surface area contributed by atoms with Gasteiger partial charge < -0.3 is 14.7 Å². The van der Waals surface area contributed by atoms with Gasteiger partial charge in [-0.3, -0.25) is 13.9 Å². The number of hydrogen-bond donors (Lipinski definition) is 1. The Morgan fingerprint density at radius 3 is 2.49 bits per heavy atom. The summed E-state index contributed by atoms with van der Waals surface area (Å²) in [6.45, 7) is 1.27. The highest BCUT2D eigenvalue weighted by molar-refractivity contribution is 7.92. The van der Waals surface area contributed by atoms with E-state index in [1.807, 2.05) is 0 Å². The number of aliphatic carboxylic acids is 1. The van der Waals surface area contributed by atoms with Crippen LogP contribution in [0.2, 0.25) is 5.02 Å². The summed E-state index contributed by atoms with van der Waals surface area (Å²) in [5.74, 6) is -1.91. The lowest BCUT2D eigenvalue weighted by Gasteiger charge is -2.36. The first-order valence-electron chi connectivity index (χ1n) is 13.7. The Labute approximate surface area is 262 Å². The van der Waals surface area contributed by atoms with E-state index in [1.54, 1.807) is 19.1 Å². The summed E-state index contributed by atoms with van der Waals surface area (Å²) in [5, 5.41) is 9.04. The molecule has 0 aromatic heterocycles. The Morgan fingerprint density at radius 1 is 1.11 bits per heavy atom. The van der Waals surface area contributed by atoms with E-state index in [4.69, 9.17) is 21.4 Å². The van der Waals surface area contributed by atoms with Gasteiger partial charge in [0.25, 0.3) is 10.0 Å². The summed E-state index contributed by atoms with van der Waals surface area (Å²) in [7, 11) is -3.14. The lowest BCUT2D eigenvalue weighted by atomic mass is 10.0. The number of allylic oxidation sites excluding steroid dienone is 1. The molecule has 1 heterocycles. The van der Waals surface area contributed by atoms with Crippen molar-refractivity contribution in [3.8, 4) is 5.75 Å². The predicted octanol–water partition coefficient (Wildman–Crippen LogP) is 6.73. The summed E-state index contributed by atoms with van der Waals surface area (Å²) in [6, 6.07) is 12.1. The van der Waals surface area contributed by atoms with Crippen LogP contribution in [0.15, 0.2) is 65.6 Å². The van der Waals surface area contributed by atoms with Crippen molar-refractivity contribution in [1.82, 2.24) is 4.90 Å².